The summed E-state index contributed by atoms with van der Waals surface area (Å²) >= 11 is 0. The molecule has 0 radical (unpaired) electrons. The maximum absolute atomic E-state index is 13.1. The minimum atomic E-state index is -0.526. The van der Waals surface area contributed by atoms with E-state index in [4.69, 9.17) is 9.47 Å². The van der Waals surface area contributed by atoms with Gasteiger partial charge >= 0.3 is 0 Å². The van der Waals surface area contributed by atoms with Gasteiger partial charge in [-0.25, -0.2) is 0 Å². The SMILES string of the molecule is COc1ccc(C2(CN(C(C)=O)C(=O)c3ccc([N+](=O)[O-])cc3)CCCC2)cc1OC. The van der Waals surface area contributed by atoms with Gasteiger partial charge in [0.1, 0.15) is 0 Å². The maximum atomic E-state index is 13.1. The normalized spacial score (nSPS) is 14.7. The second-order valence-electron chi connectivity index (χ2n) is 7.77. The van der Waals surface area contributed by atoms with E-state index in [9.17, 15) is 19.7 Å². The quantitative estimate of drug-likeness (QED) is 0.488. The molecule has 3 rings (SSSR count). The largest absolute Gasteiger partial charge is 0.493 e. The number of rotatable bonds is 7. The van der Waals surface area contributed by atoms with Crippen molar-refractivity contribution in [2.75, 3.05) is 20.8 Å². The Hall–Kier alpha value is -3.42. The van der Waals surface area contributed by atoms with Crippen LogP contribution in [-0.4, -0.2) is 42.4 Å². The first kappa shape index (κ1) is 22.3. The van der Waals surface area contributed by atoms with Crippen molar-refractivity contribution in [1.82, 2.24) is 4.90 Å². The van der Waals surface area contributed by atoms with E-state index in [1.54, 1.807) is 14.2 Å². The summed E-state index contributed by atoms with van der Waals surface area (Å²) < 4.78 is 10.8. The Bertz CT molecular complexity index is 980. The third-order valence-electron chi connectivity index (χ3n) is 5.97. The van der Waals surface area contributed by atoms with Crippen LogP contribution < -0.4 is 9.47 Å². The molecule has 0 spiro atoms. The second-order valence-corrected chi connectivity index (χ2v) is 7.77. The lowest BCUT2D eigenvalue weighted by molar-refractivity contribution is -0.384. The van der Waals surface area contributed by atoms with Gasteiger partial charge in [0, 0.05) is 36.6 Å². The topological polar surface area (TPSA) is 99.0 Å². The molecule has 1 saturated carbocycles. The molecule has 0 N–H and O–H groups in total. The predicted octanol–water partition coefficient (Wildman–Crippen LogP) is 4.11. The first-order valence-electron chi connectivity index (χ1n) is 10.1. The summed E-state index contributed by atoms with van der Waals surface area (Å²) in [5.41, 5.74) is 0.733. The molecule has 1 aliphatic carbocycles. The number of amides is 2. The molecular formula is C23H26N2O6. The molecule has 2 aromatic carbocycles. The molecule has 0 aliphatic heterocycles. The third-order valence-corrected chi connectivity index (χ3v) is 5.97. The molecule has 0 heterocycles. The second kappa shape index (κ2) is 9.16. The number of ether oxygens (including phenoxy) is 2. The minimum absolute atomic E-state index is 0.108. The smallest absolute Gasteiger partial charge is 0.269 e. The molecule has 8 nitrogen and oxygen atoms in total. The van der Waals surface area contributed by atoms with Crippen LogP contribution in [0.2, 0.25) is 0 Å². The summed E-state index contributed by atoms with van der Waals surface area (Å²) in [7, 11) is 3.14. The zero-order chi connectivity index (χ0) is 22.6. The number of methoxy groups -OCH3 is 2. The first-order chi connectivity index (χ1) is 14.8. The van der Waals surface area contributed by atoms with Crippen LogP contribution in [0.5, 0.6) is 11.5 Å². The molecule has 2 amide bonds. The van der Waals surface area contributed by atoms with E-state index >= 15 is 0 Å². The summed E-state index contributed by atoms with van der Waals surface area (Å²) in [5.74, 6) is 0.386. The first-order valence-corrected chi connectivity index (χ1v) is 10.1. The van der Waals surface area contributed by atoms with Gasteiger partial charge < -0.3 is 9.47 Å². The van der Waals surface area contributed by atoms with E-state index in [2.05, 4.69) is 0 Å². The number of nitro benzene ring substituents is 1. The highest BCUT2D eigenvalue weighted by Gasteiger charge is 2.40. The van der Waals surface area contributed by atoms with Crippen molar-refractivity contribution in [2.45, 2.75) is 38.0 Å². The number of nitro groups is 1. The van der Waals surface area contributed by atoms with Crippen molar-refractivity contribution in [3.8, 4) is 11.5 Å². The molecular weight excluding hydrogens is 400 g/mol. The number of carbonyl (C=O) groups excluding carboxylic acids is 2. The van der Waals surface area contributed by atoms with Crippen LogP contribution in [0.4, 0.5) is 5.69 Å². The number of non-ortho nitro benzene ring substituents is 1. The van der Waals surface area contributed by atoms with Gasteiger partial charge in [-0.1, -0.05) is 18.9 Å². The Morgan fingerprint density at radius 2 is 1.65 bits per heavy atom. The van der Waals surface area contributed by atoms with Crippen molar-refractivity contribution in [2.24, 2.45) is 0 Å². The Kier molecular flexibility index (Phi) is 6.58. The molecule has 31 heavy (non-hydrogen) atoms. The van der Waals surface area contributed by atoms with Gasteiger partial charge in [-0.05, 0) is 42.7 Å². The van der Waals surface area contributed by atoms with Gasteiger partial charge in [0.2, 0.25) is 5.91 Å². The molecule has 0 unspecified atom stereocenters. The molecule has 8 heteroatoms. The van der Waals surface area contributed by atoms with Crippen LogP contribution in [-0.2, 0) is 10.2 Å². The van der Waals surface area contributed by atoms with Crippen LogP contribution in [0.1, 0.15) is 48.5 Å². The fourth-order valence-corrected chi connectivity index (χ4v) is 4.27. The van der Waals surface area contributed by atoms with Gasteiger partial charge in [0.05, 0.1) is 19.1 Å². The van der Waals surface area contributed by atoms with Crippen molar-refractivity contribution in [3.05, 3.63) is 63.7 Å². The van der Waals surface area contributed by atoms with E-state index in [0.29, 0.717) is 11.5 Å². The van der Waals surface area contributed by atoms with Gasteiger partial charge in [-0.3, -0.25) is 24.6 Å². The van der Waals surface area contributed by atoms with E-state index in [0.717, 1.165) is 31.2 Å². The standard InChI is InChI=1S/C23H26N2O6/c1-16(26)24(22(27)17-6-9-19(10-7-17)25(28)29)15-23(12-4-5-13-23)18-8-11-20(30-2)21(14-18)31-3/h6-11,14H,4-5,12-13,15H2,1-3H3. The van der Waals surface area contributed by atoms with Crippen molar-refractivity contribution >= 4 is 17.5 Å². The monoisotopic (exact) mass is 426 g/mol. The zero-order valence-corrected chi connectivity index (χ0v) is 17.9. The van der Waals surface area contributed by atoms with Gasteiger partial charge in [0.25, 0.3) is 11.6 Å². The summed E-state index contributed by atoms with van der Waals surface area (Å²) in [6.45, 7) is 1.59. The maximum Gasteiger partial charge on any atom is 0.269 e. The predicted molar refractivity (Wildman–Crippen MR) is 115 cm³/mol. The van der Waals surface area contributed by atoms with Crippen LogP contribution in [0, 0.1) is 10.1 Å². The van der Waals surface area contributed by atoms with Crippen molar-refractivity contribution < 1.29 is 24.0 Å². The fraction of sp³-hybridized carbons (Fsp3) is 0.391. The number of hydrogen-bond acceptors (Lipinski definition) is 6. The lowest BCUT2D eigenvalue weighted by Gasteiger charge is -2.35. The van der Waals surface area contributed by atoms with Gasteiger partial charge in [-0.2, -0.15) is 0 Å². The zero-order valence-electron chi connectivity index (χ0n) is 17.9. The van der Waals surface area contributed by atoms with E-state index in [-0.39, 0.29) is 29.1 Å². The Morgan fingerprint density at radius 1 is 1.03 bits per heavy atom. The molecule has 2 aromatic rings. The highest BCUT2D eigenvalue weighted by Crippen LogP contribution is 2.44. The van der Waals surface area contributed by atoms with Crippen LogP contribution >= 0.6 is 0 Å². The summed E-state index contributed by atoms with van der Waals surface area (Å²) in [4.78, 5) is 37.2. The third kappa shape index (κ3) is 4.52. The summed E-state index contributed by atoms with van der Waals surface area (Å²) in [6, 6.07) is 11.0. The Morgan fingerprint density at radius 3 is 2.16 bits per heavy atom. The van der Waals surface area contributed by atoms with Crippen LogP contribution in [0.25, 0.3) is 0 Å². The van der Waals surface area contributed by atoms with Crippen molar-refractivity contribution in [3.63, 3.8) is 0 Å². The number of hydrogen-bond donors (Lipinski definition) is 0. The summed E-state index contributed by atoms with van der Waals surface area (Å²) in [6.07, 6.45) is 3.65. The van der Waals surface area contributed by atoms with Gasteiger partial charge in [-0.15, -0.1) is 0 Å². The number of nitrogens with zero attached hydrogens (tertiary/aromatic N) is 2. The molecule has 0 atom stereocenters. The summed E-state index contributed by atoms with van der Waals surface area (Å²) in [5, 5.41) is 10.9. The number of benzene rings is 2. The molecule has 1 fully saturated rings. The average molecular weight is 426 g/mol. The number of imide groups is 1. The minimum Gasteiger partial charge on any atom is -0.493 e. The Balaban J connectivity index is 1.94. The molecule has 0 aromatic heterocycles. The number of carbonyl (C=O) groups is 2. The highest BCUT2D eigenvalue weighted by atomic mass is 16.6. The highest BCUT2D eigenvalue weighted by molar-refractivity contribution is 6.04. The molecule has 164 valence electrons. The average Bonchev–Trinajstić information content (AvgIpc) is 3.26. The fourth-order valence-electron chi connectivity index (χ4n) is 4.27. The molecule has 0 bridgehead atoms. The lowest BCUT2D eigenvalue weighted by Crippen LogP contribution is -2.45. The van der Waals surface area contributed by atoms with Gasteiger partial charge in [0.15, 0.2) is 11.5 Å². The Labute approximate surface area is 180 Å². The van der Waals surface area contributed by atoms with E-state index in [1.165, 1.54) is 36.1 Å². The van der Waals surface area contributed by atoms with Crippen LogP contribution in [0.3, 0.4) is 0 Å². The van der Waals surface area contributed by atoms with Crippen molar-refractivity contribution in [1.29, 1.82) is 0 Å². The molecule has 1 aliphatic rings. The molecule has 0 saturated heterocycles. The van der Waals surface area contributed by atoms with Crippen LogP contribution in [0.15, 0.2) is 42.5 Å². The van der Waals surface area contributed by atoms with E-state index < -0.39 is 10.8 Å². The lowest BCUT2D eigenvalue weighted by atomic mass is 9.78. The van der Waals surface area contributed by atoms with E-state index in [1.807, 2.05) is 18.2 Å².